The molecule has 7 heteroatoms. The maximum Gasteiger partial charge on any atom is 0.253 e. The number of ether oxygens (including phenoxy) is 1. The highest BCUT2D eigenvalue weighted by Crippen LogP contribution is 2.31. The smallest absolute Gasteiger partial charge is 0.253 e. The molecule has 154 valence electrons. The van der Waals surface area contributed by atoms with E-state index in [9.17, 15) is 9.59 Å². The Morgan fingerprint density at radius 3 is 2.33 bits per heavy atom. The first-order valence-electron chi connectivity index (χ1n) is 9.30. The van der Waals surface area contributed by atoms with Gasteiger partial charge in [-0.15, -0.1) is 0 Å². The highest BCUT2D eigenvalue weighted by Gasteiger charge is 2.10. The van der Waals surface area contributed by atoms with Crippen molar-refractivity contribution < 1.29 is 14.3 Å². The van der Waals surface area contributed by atoms with Crippen molar-refractivity contribution in [1.29, 1.82) is 0 Å². The van der Waals surface area contributed by atoms with E-state index in [1.807, 2.05) is 30.3 Å². The molecule has 3 rings (SSSR count). The Morgan fingerprint density at radius 2 is 1.67 bits per heavy atom. The molecule has 0 saturated carbocycles. The van der Waals surface area contributed by atoms with E-state index in [1.54, 1.807) is 56.6 Å². The highest BCUT2D eigenvalue weighted by atomic mass is 35.5. The molecule has 0 aliphatic heterocycles. The molecular formula is C23H22ClN3O3. The summed E-state index contributed by atoms with van der Waals surface area (Å²) < 4.78 is 5.88. The number of anilines is 2. The Kier molecular flexibility index (Phi) is 6.93. The third kappa shape index (κ3) is 5.75. The van der Waals surface area contributed by atoms with Crippen molar-refractivity contribution in [3.63, 3.8) is 0 Å². The monoisotopic (exact) mass is 423 g/mol. The number of halogens is 1. The Hall–Kier alpha value is -3.51. The van der Waals surface area contributed by atoms with Gasteiger partial charge in [0.15, 0.2) is 5.75 Å². The lowest BCUT2D eigenvalue weighted by molar-refractivity contribution is -0.114. The van der Waals surface area contributed by atoms with Crippen molar-refractivity contribution >= 4 is 34.8 Å². The van der Waals surface area contributed by atoms with E-state index in [4.69, 9.17) is 16.3 Å². The lowest BCUT2D eigenvalue weighted by Gasteiger charge is -2.14. The van der Waals surface area contributed by atoms with Gasteiger partial charge in [-0.2, -0.15) is 0 Å². The van der Waals surface area contributed by atoms with Crippen LogP contribution in [0.5, 0.6) is 11.5 Å². The quantitative estimate of drug-likeness (QED) is 0.568. The molecule has 2 N–H and O–H groups in total. The van der Waals surface area contributed by atoms with Crippen LogP contribution < -0.4 is 15.4 Å². The number of carbonyl (C=O) groups is 2. The number of amides is 2. The van der Waals surface area contributed by atoms with E-state index in [0.29, 0.717) is 33.5 Å². The van der Waals surface area contributed by atoms with Gasteiger partial charge in [0.05, 0.1) is 12.2 Å². The summed E-state index contributed by atoms with van der Waals surface area (Å²) in [6.45, 7) is 0.0177. The fourth-order valence-corrected chi connectivity index (χ4v) is 2.85. The van der Waals surface area contributed by atoms with Crippen LogP contribution in [0.4, 0.5) is 11.4 Å². The molecule has 3 aromatic rings. The number of rotatable bonds is 7. The van der Waals surface area contributed by atoms with Gasteiger partial charge in [-0.3, -0.25) is 9.59 Å². The predicted octanol–water partition coefficient (Wildman–Crippen LogP) is 4.88. The van der Waals surface area contributed by atoms with Gasteiger partial charge in [0, 0.05) is 30.4 Å². The van der Waals surface area contributed by atoms with Gasteiger partial charge in [-0.1, -0.05) is 29.8 Å². The molecule has 0 spiro atoms. The molecular weight excluding hydrogens is 402 g/mol. The summed E-state index contributed by atoms with van der Waals surface area (Å²) in [5.41, 5.74) is 1.76. The first kappa shape index (κ1) is 21.2. The SMILES string of the molecule is CN(C)C(=O)c1ccc(NC(=O)CNc2cc(Cl)ccc2Oc2ccccc2)cc1. The van der Waals surface area contributed by atoms with Crippen LogP contribution in [-0.4, -0.2) is 37.4 Å². The molecule has 0 aromatic heterocycles. The van der Waals surface area contributed by atoms with Crippen molar-refractivity contribution in [2.45, 2.75) is 0 Å². The highest BCUT2D eigenvalue weighted by molar-refractivity contribution is 6.31. The van der Waals surface area contributed by atoms with Crippen LogP contribution in [0.2, 0.25) is 5.02 Å². The normalized spacial score (nSPS) is 10.2. The molecule has 6 nitrogen and oxygen atoms in total. The van der Waals surface area contributed by atoms with Gasteiger partial charge < -0.3 is 20.3 Å². The lowest BCUT2D eigenvalue weighted by Crippen LogP contribution is -2.23. The number of hydrogen-bond acceptors (Lipinski definition) is 4. The second-order valence-electron chi connectivity index (χ2n) is 6.73. The molecule has 3 aromatic carbocycles. The number of hydrogen-bond donors (Lipinski definition) is 2. The summed E-state index contributed by atoms with van der Waals surface area (Å²) >= 11 is 6.10. The molecule has 0 bridgehead atoms. The minimum absolute atomic E-state index is 0.0177. The van der Waals surface area contributed by atoms with E-state index in [1.165, 1.54) is 4.90 Å². The molecule has 0 radical (unpaired) electrons. The summed E-state index contributed by atoms with van der Waals surface area (Å²) in [7, 11) is 3.38. The standard InChI is InChI=1S/C23H22ClN3O3/c1-27(2)23(29)16-8-11-18(12-9-16)26-22(28)15-25-20-14-17(24)10-13-21(20)30-19-6-4-3-5-7-19/h3-14,25H,15H2,1-2H3,(H,26,28). The molecule has 0 atom stereocenters. The summed E-state index contributed by atoms with van der Waals surface area (Å²) in [6.07, 6.45) is 0. The van der Waals surface area contributed by atoms with Crippen LogP contribution in [0.3, 0.4) is 0 Å². The van der Waals surface area contributed by atoms with E-state index in [0.717, 1.165) is 0 Å². The number of nitrogens with zero attached hydrogens (tertiary/aromatic N) is 1. The summed E-state index contributed by atoms with van der Waals surface area (Å²) in [5.74, 6) is 0.901. The maximum absolute atomic E-state index is 12.3. The zero-order chi connectivity index (χ0) is 21.5. The van der Waals surface area contributed by atoms with Crippen molar-refractivity contribution in [3.8, 4) is 11.5 Å². The zero-order valence-electron chi connectivity index (χ0n) is 16.7. The van der Waals surface area contributed by atoms with Crippen molar-refractivity contribution in [3.05, 3.63) is 83.4 Å². The zero-order valence-corrected chi connectivity index (χ0v) is 17.4. The minimum atomic E-state index is -0.243. The Morgan fingerprint density at radius 1 is 0.967 bits per heavy atom. The van der Waals surface area contributed by atoms with E-state index >= 15 is 0 Å². The minimum Gasteiger partial charge on any atom is -0.455 e. The van der Waals surface area contributed by atoms with Gasteiger partial charge >= 0.3 is 0 Å². The molecule has 0 aliphatic rings. The van der Waals surface area contributed by atoms with Gasteiger partial charge in [-0.25, -0.2) is 0 Å². The van der Waals surface area contributed by atoms with Crippen LogP contribution in [0.25, 0.3) is 0 Å². The van der Waals surface area contributed by atoms with E-state index < -0.39 is 0 Å². The second kappa shape index (κ2) is 9.80. The van der Waals surface area contributed by atoms with Crippen LogP contribution in [0.15, 0.2) is 72.8 Å². The van der Waals surface area contributed by atoms with E-state index in [2.05, 4.69) is 10.6 Å². The van der Waals surface area contributed by atoms with Crippen molar-refractivity contribution in [2.75, 3.05) is 31.3 Å². The predicted molar refractivity (Wildman–Crippen MR) is 120 cm³/mol. The molecule has 2 amide bonds. The van der Waals surface area contributed by atoms with Gasteiger partial charge in [0.2, 0.25) is 5.91 Å². The molecule has 30 heavy (non-hydrogen) atoms. The van der Waals surface area contributed by atoms with E-state index in [-0.39, 0.29) is 18.4 Å². The third-order valence-electron chi connectivity index (χ3n) is 4.17. The maximum atomic E-state index is 12.3. The number of carbonyl (C=O) groups excluding carboxylic acids is 2. The Labute approximate surface area is 180 Å². The lowest BCUT2D eigenvalue weighted by atomic mass is 10.2. The van der Waals surface area contributed by atoms with Crippen molar-refractivity contribution in [1.82, 2.24) is 4.90 Å². The molecule has 0 unspecified atom stereocenters. The van der Waals surface area contributed by atoms with Crippen LogP contribution >= 0.6 is 11.6 Å². The number of nitrogens with one attached hydrogen (secondary N) is 2. The average Bonchev–Trinajstić information content (AvgIpc) is 2.74. The number of benzene rings is 3. The van der Waals surface area contributed by atoms with Crippen LogP contribution in [-0.2, 0) is 4.79 Å². The van der Waals surface area contributed by atoms with Gasteiger partial charge in [0.25, 0.3) is 5.91 Å². The van der Waals surface area contributed by atoms with Gasteiger partial charge in [0.1, 0.15) is 5.75 Å². The number of para-hydroxylation sites is 1. The largest absolute Gasteiger partial charge is 0.455 e. The van der Waals surface area contributed by atoms with Crippen LogP contribution in [0, 0.1) is 0 Å². The third-order valence-corrected chi connectivity index (χ3v) is 4.41. The topological polar surface area (TPSA) is 70.7 Å². The Balaban J connectivity index is 1.62. The van der Waals surface area contributed by atoms with Gasteiger partial charge in [-0.05, 0) is 54.6 Å². The first-order valence-corrected chi connectivity index (χ1v) is 9.68. The molecule has 0 fully saturated rings. The second-order valence-corrected chi connectivity index (χ2v) is 7.17. The summed E-state index contributed by atoms with van der Waals surface area (Å²) in [4.78, 5) is 25.8. The fourth-order valence-electron chi connectivity index (χ4n) is 2.68. The van der Waals surface area contributed by atoms with Crippen molar-refractivity contribution in [2.24, 2.45) is 0 Å². The molecule has 0 aliphatic carbocycles. The molecule has 0 heterocycles. The summed E-state index contributed by atoms with van der Waals surface area (Å²) in [5, 5.41) is 6.38. The van der Waals surface area contributed by atoms with Crippen LogP contribution in [0.1, 0.15) is 10.4 Å². The molecule has 0 saturated heterocycles. The summed E-state index contributed by atoms with van der Waals surface area (Å²) in [6, 6.07) is 21.3. The fraction of sp³-hybridized carbons (Fsp3) is 0.130. The Bertz CT molecular complexity index is 1020. The average molecular weight is 424 g/mol. The first-order chi connectivity index (χ1) is 14.4.